The topological polar surface area (TPSA) is 25.8 Å². The van der Waals surface area contributed by atoms with Crippen LogP contribution in [-0.4, -0.2) is 9.97 Å². The molecule has 0 aliphatic heterocycles. The van der Waals surface area contributed by atoms with E-state index in [1.807, 2.05) is 12.1 Å². The summed E-state index contributed by atoms with van der Waals surface area (Å²) < 4.78 is 0. The zero-order valence-corrected chi connectivity index (χ0v) is 10.6. The number of nitrogens with zero attached hydrogens (tertiary/aromatic N) is 2. The van der Waals surface area contributed by atoms with Crippen LogP contribution in [0.3, 0.4) is 0 Å². The van der Waals surface area contributed by atoms with E-state index in [0.29, 0.717) is 5.15 Å². The fraction of sp³-hybridized carbons (Fsp3) is 0.0667. The van der Waals surface area contributed by atoms with Crippen LogP contribution >= 0.6 is 11.6 Å². The summed E-state index contributed by atoms with van der Waals surface area (Å²) in [5.41, 5.74) is 4.41. The second-order valence-electron chi connectivity index (χ2n) is 4.27. The number of hydrogen-bond donors (Lipinski definition) is 0. The highest BCUT2D eigenvalue weighted by Gasteiger charge is 2.04. The van der Waals surface area contributed by atoms with Crippen molar-refractivity contribution in [2.45, 2.75) is 6.92 Å². The molecule has 0 aliphatic rings. The molecule has 0 radical (unpaired) electrons. The van der Waals surface area contributed by atoms with E-state index < -0.39 is 0 Å². The van der Waals surface area contributed by atoms with Crippen LogP contribution in [0.15, 0.2) is 48.8 Å². The molecule has 0 spiro atoms. The number of rotatable bonds is 1. The molecule has 0 N–H and O–H groups in total. The van der Waals surface area contributed by atoms with Gasteiger partial charge in [0.25, 0.3) is 0 Å². The summed E-state index contributed by atoms with van der Waals surface area (Å²) in [6, 6.07) is 14.4. The van der Waals surface area contributed by atoms with Crippen molar-refractivity contribution in [3.63, 3.8) is 0 Å². The summed E-state index contributed by atoms with van der Waals surface area (Å²) in [5, 5.41) is 1.38. The Hall–Kier alpha value is -1.93. The summed E-state index contributed by atoms with van der Waals surface area (Å²) in [6.07, 6.45) is 1.48. The lowest BCUT2D eigenvalue weighted by Crippen LogP contribution is -1.85. The van der Waals surface area contributed by atoms with E-state index in [1.54, 1.807) is 0 Å². The highest BCUT2D eigenvalue weighted by Crippen LogP contribution is 2.27. The van der Waals surface area contributed by atoms with E-state index in [1.165, 1.54) is 17.5 Å². The van der Waals surface area contributed by atoms with Crippen molar-refractivity contribution in [2.24, 2.45) is 0 Å². The molecule has 18 heavy (non-hydrogen) atoms. The predicted molar refractivity (Wildman–Crippen MR) is 74.7 cm³/mol. The first-order valence-corrected chi connectivity index (χ1v) is 6.09. The average Bonchev–Trinajstić information content (AvgIpc) is 2.39. The molecule has 0 aliphatic carbocycles. The Kier molecular flexibility index (Phi) is 2.73. The van der Waals surface area contributed by atoms with Crippen LogP contribution in [0.5, 0.6) is 0 Å². The molecule has 0 fully saturated rings. The van der Waals surface area contributed by atoms with Crippen molar-refractivity contribution in [1.29, 1.82) is 0 Å². The van der Waals surface area contributed by atoms with Gasteiger partial charge in [-0.05, 0) is 30.2 Å². The van der Waals surface area contributed by atoms with E-state index in [9.17, 15) is 0 Å². The Morgan fingerprint density at radius 1 is 0.944 bits per heavy atom. The molecule has 0 amide bonds. The monoisotopic (exact) mass is 254 g/mol. The van der Waals surface area contributed by atoms with Crippen LogP contribution < -0.4 is 0 Å². The first-order valence-electron chi connectivity index (χ1n) is 5.71. The number of aromatic nitrogens is 2. The van der Waals surface area contributed by atoms with E-state index in [-0.39, 0.29) is 0 Å². The third-order valence-corrected chi connectivity index (χ3v) is 3.24. The highest BCUT2D eigenvalue weighted by molar-refractivity contribution is 6.34. The summed E-state index contributed by atoms with van der Waals surface area (Å²) >= 11 is 6.10. The molecule has 0 saturated heterocycles. The first kappa shape index (κ1) is 11.2. The maximum absolute atomic E-state index is 6.10. The zero-order valence-electron chi connectivity index (χ0n) is 9.89. The molecule has 1 aromatic heterocycles. The molecule has 2 nitrogen and oxygen atoms in total. The third kappa shape index (κ3) is 1.95. The lowest BCUT2D eigenvalue weighted by atomic mass is 10.0. The van der Waals surface area contributed by atoms with Crippen LogP contribution in [0.4, 0.5) is 0 Å². The minimum atomic E-state index is 0.495. The van der Waals surface area contributed by atoms with E-state index in [4.69, 9.17) is 11.6 Å². The number of aryl methyl sites for hydroxylation is 1. The minimum absolute atomic E-state index is 0.495. The molecule has 3 aromatic rings. The lowest BCUT2D eigenvalue weighted by molar-refractivity contribution is 1.22. The Balaban J connectivity index is 2.22. The van der Waals surface area contributed by atoms with Gasteiger partial charge in [0, 0.05) is 5.39 Å². The summed E-state index contributed by atoms with van der Waals surface area (Å²) in [4.78, 5) is 8.21. The van der Waals surface area contributed by atoms with Gasteiger partial charge in [-0.1, -0.05) is 47.5 Å². The van der Waals surface area contributed by atoms with Crippen LogP contribution in [0.25, 0.3) is 22.0 Å². The quantitative estimate of drug-likeness (QED) is 0.607. The summed E-state index contributed by atoms with van der Waals surface area (Å²) in [7, 11) is 0. The molecular formula is C15H11ClN2. The molecule has 3 rings (SSSR count). The third-order valence-electron chi connectivity index (χ3n) is 2.94. The van der Waals surface area contributed by atoms with Crippen LogP contribution in [0.2, 0.25) is 5.15 Å². The van der Waals surface area contributed by atoms with E-state index >= 15 is 0 Å². The molecular weight excluding hydrogens is 244 g/mol. The van der Waals surface area contributed by atoms with Crippen molar-refractivity contribution in [2.75, 3.05) is 0 Å². The van der Waals surface area contributed by atoms with Gasteiger partial charge in [-0.15, -0.1) is 0 Å². The van der Waals surface area contributed by atoms with Crippen molar-refractivity contribution in [1.82, 2.24) is 9.97 Å². The smallest absolute Gasteiger partial charge is 0.140 e. The average molecular weight is 255 g/mol. The van der Waals surface area contributed by atoms with Crippen LogP contribution in [-0.2, 0) is 0 Å². The highest BCUT2D eigenvalue weighted by atomic mass is 35.5. The molecule has 2 aromatic carbocycles. The Bertz CT molecular complexity index is 723. The van der Waals surface area contributed by atoms with E-state index in [2.05, 4.69) is 47.2 Å². The molecule has 0 atom stereocenters. The normalized spacial score (nSPS) is 10.8. The van der Waals surface area contributed by atoms with Gasteiger partial charge in [0.15, 0.2) is 0 Å². The largest absolute Gasteiger partial charge is 0.236 e. The number of fused-ring (bicyclic) bond motifs is 1. The van der Waals surface area contributed by atoms with Crippen molar-refractivity contribution in [3.8, 4) is 11.1 Å². The van der Waals surface area contributed by atoms with Gasteiger partial charge in [-0.25, -0.2) is 9.97 Å². The second kappa shape index (κ2) is 4.39. The van der Waals surface area contributed by atoms with Gasteiger partial charge < -0.3 is 0 Å². The molecule has 0 bridgehead atoms. The van der Waals surface area contributed by atoms with Gasteiger partial charge in [0.05, 0.1) is 5.52 Å². The molecule has 88 valence electrons. The van der Waals surface area contributed by atoms with Gasteiger partial charge in [-0.2, -0.15) is 0 Å². The maximum Gasteiger partial charge on any atom is 0.140 e. The minimum Gasteiger partial charge on any atom is -0.236 e. The Labute approximate surface area is 110 Å². The summed E-state index contributed by atoms with van der Waals surface area (Å²) in [5.74, 6) is 0. The SMILES string of the molecule is Cc1cccc(-c2ccc3ncnc(Cl)c3c2)c1. The molecule has 1 heterocycles. The number of benzene rings is 2. The maximum atomic E-state index is 6.10. The Morgan fingerprint density at radius 2 is 1.78 bits per heavy atom. The van der Waals surface area contributed by atoms with Gasteiger partial charge in [0.2, 0.25) is 0 Å². The lowest BCUT2D eigenvalue weighted by Gasteiger charge is -2.05. The fourth-order valence-electron chi connectivity index (χ4n) is 2.03. The van der Waals surface area contributed by atoms with Crippen molar-refractivity contribution >= 4 is 22.5 Å². The number of halogens is 1. The van der Waals surface area contributed by atoms with Crippen molar-refractivity contribution < 1.29 is 0 Å². The van der Waals surface area contributed by atoms with Crippen LogP contribution in [0.1, 0.15) is 5.56 Å². The Morgan fingerprint density at radius 3 is 2.61 bits per heavy atom. The number of hydrogen-bond acceptors (Lipinski definition) is 2. The molecule has 0 unspecified atom stereocenters. The van der Waals surface area contributed by atoms with Crippen LogP contribution in [0, 0.1) is 6.92 Å². The first-order chi connectivity index (χ1) is 8.74. The summed E-state index contributed by atoms with van der Waals surface area (Å²) in [6.45, 7) is 2.08. The van der Waals surface area contributed by atoms with Gasteiger partial charge in [-0.3, -0.25) is 0 Å². The standard InChI is InChI=1S/C15H11ClN2/c1-10-3-2-4-11(7-10)12-5-6-14-13(8-12)15(16)18-9-17-14/h2-9H,1H3. The second-order valence-corrected chi connectivity index (χ2v) is 4.62. The molecule has 0 saturated carbocycles. The predicted octanol–water partition coefficient (Wildman–Crippen LogP) is 4.26. The molecule has 3 heteroatoms. The van der Waals surface area contributed by atoms with Gasteiger partial charge >= 0.3 is 0 Å². The van der Waals surface area contributed by atoms with Crippen molar-refractivity contribution in [3.05, 3.63) is 59.5 Å². The van der Waals surface area contributed by atoms with E-state index in [0.717, 1.165) is 16.5 Å². The zero-order chi connectivity index (χ0) is 12.5. The fourth-order valence-corrected chi connectivity index (χ4v) is 2.22. The van der Waals surface area contributed by atoms with Gasteiger partial charge in [0.1, 0.15) is 11.5 Å².